The maximum atomic E-state index is 9.13. The fraction of sp³-hybridized carbons (Fsp3) is 0.455. The highest BCUT2D eigenvalue weighted by atomic mass is 16.3. The molecule has 0 heterocycles. The van der Waals surface area contributed by atoms with Gasteiger partial charge in [0.05, 0.1) is 12.7 Å². The van der Waals surface area contributed by atoms with Crippen molar-refractivity contribution in [1.82, 2.24) is 0 Å². The monoisotopic (exact) mass is 195 g/mol. The van der Waals surface area contributed by atoms with Gasteiger partial charge in [0.15, 0.2) is 0 Å². The highest BCUT2D eigenvalue weighted by Gasteiger charge is 2.00. The number of aliphatic hydroxyl groups is 2. The van der Waals surface area contributed by atoms with E-state index in [-0.39, 0.29) is 6.61 Å². The molecule has 1 atom stereocenters. The lowest BCUT2D eigenvalue weighted by atomic mass is 10.1. The van der Waals surface area contributed by atoms with Gasteiger partial charge in [-0.25, -0.2) is 0 Å². The van der Waals surface area contributed by atoms with Gasteiger partial charge in [-0.05, 0) is 24.1 Å². The maximum absolute atomic E-state index is 9.13. The first-order valence-electron chi connectivity index (χ1n) is 4.88. The smallest absolute Gasteiger partial charge is 0.0942 e. The van der Waals surface area contributed by atoms with Crippen LogP contribution in [-0.4, -0.2) is 29.5 Å². The van der Waals surface area contributed by atoms with Crippen LogP contribution >= 0.6 is 0 Å². The average molecular weight is 195 g/mol. The molecule has 0 aliphatic heterocycles. The first-order chi connectivity index (χ1) is 6.76. The summed E-state index contributed by atoms with van der Waals surface area (Å²) >= 11 is 0. The van der Waals surface area contributed by atoms with E-state index in [9.17, 15) is 0 Å². The van der Waals surface area contributed by atoms with Gasteiger partial charge in [0.1, 0.15) is 0 Å². The van der Waals surface area contributed by atoms with Crippen LogP contribution in [0.2, 0.25) is 0 Å². The summed E-state index contributed by atoms with van der Waals surface area (Å²) in [6.45, 7) is 2.27. The largest absolute Gasteiger partial charge is 0.394 e. The summed E-state index contributed by atoms with van der Waals surface area (Å²) in [6, 6.07) is 8.04. The van der Waals surface area contributed by atoms with E-state index in [1.807, 2.05) is 18.2 Å². The van der Waals surface area contributed by atoms with Crippen molar-refractivity contribution >= 4 is 5.69 Å². The number of anilines is 1. The van der Waals surface area contributed by atoms with Crippen LogP contribution in [0.3, 0.4) is 0 Å². The number of aryl methyl sites for hydroxylation is 1. The topological polar surface area (TPSA) is 52.5 Å². The van der Waals surface area contributed by atoms with Gasteiger partial charge in [0, 0.05) is 12.2 Å². The van der Waals surface area contributed by atoms with Crippen molar-refractivity contribution in [1.29, 1.82) is 0 Å². The second kappa shape index (κ2) is 5.62. The summed E-state index contributed by atoms with van der Waals surface area (Å²) in [4.78, 5) is 0. The zero-order valence-electron chi connectivity index (χ0n) is 8.40. The molecule has 1 aromatic carbocycles. The Morgan fingerprint density at radius 3 is 2.86 bits per heavy atom. The van der Waals surface area contributed by atoms with Crippen molar-refractivity contribution in [3.8, 4) is 0 Å². The van der Waals surface area contributed by atoms with Crippen LogP contribution < -0.4 is 5.32 Å². The van der Waals surface area contributed by atoms with Gasteiger partial charge in [-0.3, -0.25) is 0 Å². The summed E-state index contributed by atoms with van der Waals surface area (Å²) in [5.41, 5.74) is 2.24. The van der Waals surface area contributed by atoms with Gasteiger partial charge >= 0.3 is 0 Å². The molecular weight excluding hydrogens is 178 g/mol. The molecule has 0 amide bonds. The number of nitrogens with one attached hydrogen (secondary N) is 1. The molecule has 0 spiro atoms. The first kappa shape index (κ1) is 11.0. The van der Waals surface area contributed by atoms with Crippen LogP contribution in [0, 0.1) is 0 Å². The average Bonchev–Trinajstić information content (AvgIpc) is 2.26. The van der Waals surface area contributed by atoms with Gasteiger partial charge in [0.25, 0.3) is 0 Å². The van der Waals surface area contributed by atoms with Gasteiger partial charge < -0.3 is 15.5 Å². The molecule has 0 fully saturated rings. The number of hydrogen-bond donors (Lipinski definition) is 3. The van der Waals surface area contributed by atoms with Crippen molar-refractivity contribution in [2.75, 3.05) is 18.5 Å². The predicted molar refractivity (Wildman–Crippen MR) is 57.4 cm³/mol. The zero-order valence-corrected chi connectivity index (χ0v) is 8.40. The number of benzene rings is 1. The molecular formula is C11H17NO2. The van der Waals surface area contributed by atoms with Crippen molar-refractivity contribution in [2.24, 2.45) is 0 Å². The highest BCUT2D eigenvalue weighted by molar-refractivity contribution is 5.45. The third-order valence-electron chi connectivity index (χ3n) is 2.09. The minimum absolute atomic E-state index is 0.208. The standard InChI is InChI=1S/C11H17NO2/c1-2-9-4-3-5-10(6-9)12-7-11(14)8-13/h3-6,11-14H,2,7-8H2,1H3/t11-/m0/s1. The summed E-state index contributed by atoms with van der Waals surface area (Å²) in [5.74, 6) is 0. The van der Waals surface area contributed by atoms with Crippen LogP contribution in [0.5, 0.6) is 0 Å². The van der Waals surface area contributed by atoms with Crippen molar-refractivity contribution in [2.45, 2.75) is 19.4 Å². The van der Waals surface area contributed by atoms with E-state index in [0.717, 1.165) is 12.1 Å². The molecule has 3 nitrogen and oxygen atoms in total. The Labute approximate surface area is 84.4 Å². The molecule has 0 saturated carbocycles. The fourth-order valence-electron chi connectivity index (χ4n) is 1.20. The summed E-state index contributed by atoms with van der Waals surface area (Å²) in [5, 5.41) is 20.8. The molecule has 0 aliphatic carbocycles. The Balaban J connectivity index is 2.50. The van der Waals surface area contributed by atoms with Crippen LogP contribution in [0.15, 0.2) is 24.3 Å². The lowest BCUT2D eigenvalue weighted by Gasteiger charge is -2.10. The Kier molecular flexibility index (Phi) is 4.43. The molecule has 0 radical (unpaired) electrons. The van der Waals surface area contributed by atoms with E-state index in [0.29, 0.717) is 6.54 Å². The van der Waals surface area contributed by atoms with Crippen molar-refractivity contribution in [3.05, 3.63) is 29.8 Å². The van der Waals surface area contributed by atoms with E-state index in [1.54, 1.807) is 0 Å². The van der Waals surface area contributed by atoms with E-state index in [4.69, 9.17) is 10.2 Å². The summed E-state index contributed by atoms with van der Waals surface area (Å²) < 4.78 is 0. The molecule has 1 rings (SSSR count). The molecule has 0 saturated heterocycles. The fourth-order valence-corrected chi connectivity index (χ4v) is 1.20. The number of hydrogen-bond acceptors (Lipinski definition) is 3. The SMILES string of the molecule is CCc1cccc(NC[C@H](O)CO)c1. The zero-order chi connectivity index (χ0) is 10.4. The van der Waals surface area contributed by atoms with Gasteiger partial charge in [-0.2, -0.15) is 0 Å². The van der Waals surface area contributed by atoms with Crippen LogP contribution in [0.4, 0.5) is 5.69 Å². The third-order valence-corrected chi connectivity index (χ3v) is 2.09. The molecule has 0 aliphatic rings. The quantitative estimate of drug-likeness (QED) is 0.657. The number of rotatable bonds is 5. The Bertz CT molecular complexity index is 276. The Hall–Kier alpha value is -1.06. The van der Waals surface area contributed by atoms with E-state index < -0.39 is 6.10 Å². The highest BCUT2D eigenvalue weighted by Crippen LogP contribution is 2.10. The summed E-state index contributed by atoms with van der Waals surface area (Å²) in [6.07, 6.45) is 0.304. The normalized spacial score (nSPS) is 12.5. The first-order valence-corrected chi connectivity index (χ1v) is 4.88. The van der Waals surface area contributed by atoms with Gasteiger partial charge in [-0.1, -0.05) is 19.1 Å². The van der Waals surface area contributed by atoms with Crippen molar-refractivity contribution in [3.63, 3.8) is 0 Å². The van der Waals surface area contributed by atoms with Crippen molar-refractivity contribution < 1.29 is 10.2 Å². The Morgan fingerprint density at radius 2 is 2.21 bits per heavy atom. The predicted octanol–water partition coefficient (Wildman–Crippen LogP) is 1.01. The third kappa shape index (κ3) is 3.36. The second-order valence-electron chi connectivity index (χ2n) is 3.27. The summed E-state index contributed by atoms with van der Waals surface area (Å²) in [7, 11) is 0. The maximum Gasteiger partial charge on any atom is 0.0942 e. The van der Waals surface area contributed by atoms with Gasteiger partial charge in [-0.15, -0.1) is 0 Å². The molecule has 0 aromatic heterocycles. The Morgan fingerprint density at radius 1 is 1.43 bits per heavy atom. The van der Waals surface area contributed by atoms with Crippen LogP contribution in [-0.2, 0) is 6.42 Å². The minimum Gasteiger partial charge on any atom is -0.394 e. The molecule has 0 unspecified atom stereocenters. The van der Waals surface area contributed by atoms with E-state index >= 15 is 0 Å². The molecule has 3 heteroatoms. The van der Waals surface area contributed by atoms with Crippen LogP contribution in [0.1, 0.15) is 12.5 Å². The molecule has 14 heavy (non-hydrogen) atoms. The van der Waals surface area contributed by atoms with E-state index in [2.05, 4.69) is 18.3 Å². The second-order valence-corrected chi connectivity index (χ2v) is 3.27. The van der Waals surface area contributed by atoms with Crippen LogP contribution in [0.25, 0.3) is 0 Å². The minimum atomic E-state index is -0.694. The van der Waals surface area contributed by atoms with Gasteiger partial charge in [0.2, 0.25) is 0 Å². The van der Waals surface area contributed by atoms with E-state index in [1.165, 1.54) is 5.56 Å². The lowest BCUT2D eigenvalue weighted by molar-refractivity contribution is 0.105. The lowest BCUT2D eigenvalue weighted by Crippen LogP contribution is -2.22. The molecule has 3 N–H and O–H groups in total. The number of aliphatic hydroxyl groups excluding tert-OH is 2. The molecule has 0 bridgehead atoms. The molecule has 78 valence electrons. The molecule has 1 aromatic rings.